The van der Waals surface area contributed by atoms with Crippen molar-refractivity contribution in [3.05, 3.63) is 30.6 Å². The molecule has 0 aliphatic carbocycles. The van der Waals surface area contributed by atoms with Crippen LogP contribution in [0.3, 0.4) is 0 Å². The molecule has 0 aliphatic heterocycles. The Morgan fingerprint density at radius 3 is 2.47 bits per heavy atom. The van der Waals surface area contributed by atoms with Gasteiger partial charge in [0.25, 0.3) is 0 Å². The fourth-order valence-corrected chi connectivity index (χ4v) is 1.02. The van der Waals surface area contributed by atoms with E-state index in [0.717, 1.165) is 6.20 Å². The fourth-order valence-electron chi connectivity index (χ4n) is 1.02. The van der Waals surface area contributed by atoms with E-state index < -0.39 is 6.30 Å². The van der Waals surface area contributed by atoms with Gasteiger partial charge in [-0.05, 0) is 12.1 Å². The summed E-state index contributed by atoms with van der Waals surface area (Å²) in [6.07, 6.45) is -2.27. The number of rotatable bonds is 1. The van der Waals surface area contributed by atoms with Crippen LogP contribution in [0.1, 0.15) is 0 Å². The molecule has 2 heterocycles. The topological polar surface area (TPSA) is 43.6 Å². The average molecular weight is 214 g/mol. The standard InChI is InChI=1S/C8H5F3N4/c9-8(10,11)15-5-7(13-14-15)6-3-1-2-4-12-6/h1-5H. The van der Waals surface area contributed by atoms with Gasteiger partial charge in [0.15, 0.2) is 0 Å². The highest BCUT2D eigenvalue weighted by Crippen LogP contribution is 2.22. The average Bonchev–Trinajstić information content (AvgIpc) is 2.67. The Bertz CT molecular complexity index is 448. The fraction of sp³-hybridized carbons (Fsp3) is 0.125. The molecule has 2 aromatic heterocycles. The molecule has 2 aromatic rings. The highest BCUT2D eigenvalue weighted by Gasteiger charge is 2.32. The molecule has 0 saturated heterocycles. The van der Waals surface area contributed by atoms with Gasteiger partial charge in [0.2, 0.25) is 0 Å². The predicted molar refractivity (Wildman–Crippen MR) is 44.6 cm³/mol. The molecule has 0 aromatic carbocycles. The molecule has 7 heteroatoms. The van der Waals surface area contributed by atoms with Crippen molar-refractivity contribution in [2.75, 3.05) is 0 Å². The van der Waals surface area contributed by atoms with Crippen LogP contribution in [-0.2, 0) is 6.30 Å². The van der Waals surface area contributed by atoms with E-state index in [0.29, 0.717) is 5.69 Å². The van der Waals surface area contributed by atoms with Gasteiger partial charge in [-0.1, -0.05) is 11.3 Å². The van der Waals surface area contributed by atoms with E-state index in [9.17, 15) is 13.2 Å². The molecule has 0 atom stereocenters. The zero-order valence-corrected chi connectivity index (χ0v) is 7.31. The third-order valence-electron chi connectivity index (χ3n) is 1.68. The minimum Gasteiger partial charge on any atom is -0.254 e. The highest BCUT2D eigenvalue weighted by molar-refractivity contribution is 5.51. The summed E-state index contributed by atoms with van der Waals surface area (Å²) in [4.78, 5) is 3.86. The molecular weight excluding hydrogens is 209 g/mol. The number of hydrogen-bond acceptors (Lipinski definition) is 3. The van der Waals surface area contributed by atoms with Crippen molar-refractivity contribution in [2.45, 2.75) is 6.30 Å². The predicted octanol–water partition coefficient (Wildman–Crippen LogP) is 1.82. The maximum Gasteiger partial charge on any atom is 0.505 e. The van der Waals surface area contributed by atoms with Crippen LogP contribution in [-0.4, -0.2) is 20.0 Å². The molecule has 0 bridgehead atoms. The maximum atomic E-state index is 12.2. The van der Waals surface area contributed by atoms with Crippen LogP contribution < -0.4 is 0 Å². The minimum absolute atomic E-state index is 0.0907. The van der Waals surface area contributed by atoms with E-state index in [-0.39, 0.29) is 10.4 Å². The largest absolute Gasteiger partial charge is 0.505 e. The van der Waals surface area contributed by atoms with Crippen LogP contribution in [0.2, 0.25) is 0 Å². The number of hydrogen-bond donors (Lipinski definition) is 0. The second kappa shape index (κ2) is 3.34. The van der Waals surface area contributed by atoms with Crippen LogP contribution in [0, 0.1) is 0 Å². The van der Waals surface area contributed by atoms with Crippen LogP contribution in [0.5, 0.6) is 0 Å². The van der Waals surface area contributed by atoms with Crippen molar-refractivity contribution in [1.82, 2.24) is 20.0 Å². The van der Waals surface area contributed by atoms with Crippen molar-refractivity contribution in [3.8, 4) is 11.4 Å². The van der Waals surface area contributed by atoms with E-state index in [1.165, 1.54) is 6.20 Å². The van der Waals surface area contributed by atoms with Gasteiger partial charge in [-0.3, -0.25) is 4.98 Å². The van der Waals surface area contributed by atoms with Gasteiger partial charge in [0.05, 0.1) is 11.9 Å². The zero-order valence-electron chi connectivity index (χ0n) is 7.31. The summed E-state index contributed by atoms with van der Waals surface area (Å²) in [5.41, 5.74) is 0.445. The Hall–Kier alpha value is -1.92. The summed E-state index contributed by atoms with van der Waals surface area (Å²) in [5.74, 6) is 0. The van der Waals surface area contributed by atoms with Crippen molar-refractivity contribution >= 4 is 0 Å². The molecule has 0 spiro atoms. The van der Waals surface area contributed by atoms with Crippen LogP contribution >= 0.6 is 0 Å². The summed E-state index contributed by atoms with van der Waals surface area (Å²) in [7, 11) is 0. The lowest BCUT2D eigenvalue weighted by atomic mass is 10.3. The molecule has 4 nitrogen and oxygen atoms in total. The Morgan fingerprint density at radius 2 is 1.93 bits per heavy atom. The molecular formula is C8H5F3N4. The molecule has 0 aliphatic rings. The Morgan fingerprint density at radius 1 is 1.13 bits per heavy atom. The Kier molecular flexibility index (Phi) is 2.14. The van der Waals surface area contributed by atoms with Crippen LogP contribution in [0.25, 0.3) is 11.4 Å². The summed E-state index contributed by atoms with van der Waals surface area (Å²) in [6, 6.07) is 4.89. The van der Waals surface area contributed by atoms with E-state index >= 15 is 0 Å². The van der Waals surface area contributed by atoms with E-state index in [4.69, 9.17) is 0 Å². The van der Waals surface area contributed by atoms with Gasteiger partial charge in [0, 0.05) is 6.20 Å². The Balaban J connectivity index is 2.37. The van der Waals surface area contributed by atoms with Gasteiger partial charge < -0.3 is 0 Å². The lowest BCUT2D eigenvalue weighted by molar-refractivity contribution is -0.213. The van der Waals surface area contributed by atoms with Gasteiger partial charge in [-0.25, -0.2) is 0 Å². The molecule has 0 N–H and O–H groups in total. The van der Waals surface area contributed by atoms with E-state index in [2.05, 4.69) is 15.3 Å². The first-order valence-electron chi connectivity index (χ1n) is 3.98. The van der Waals surface area contributed by atoms with Crippen molar-refractivity contribution in [1.29, 1.82) is 0 Å². The second-order valence-electron chi connectivity index (χ2n) is 2.73. The normalized spacial score (nSPS) is 11.7. The summed E-state index contributed by atoms with van der Waals surface area (Å²) >= 11 is 0. The molecule has 0 radical (unpaired) electrons. The first-order valence-corrected chi connectivity index (χ1v) is 3.98. The maximum absolute atomic E-state index is 12.2. The molecule has 0 saturated carbocycles. The quantitative estimate of drug-likeness (QED) is 0.727. The molecule has 2 rings (SSSR count). The van der Waals surface area contributed by atoms with Crippen molar-refractivity contribution < 1.29 is 13.2 Å². The minimum atomic E-state index is -4.54. The Labute approximate surface area is 82.4 Å². The van der Waals surface area contributed by atoms with Crippen LogP contribution in [0.15, 0.2) is 30.6 Å². The molecule has 0 unspecified atom stereocenters. The third-order valence-corrected chi connectivity index (χ3v) is 1.68. The lowest BCUT2D eigenvalue weighted by Crippen LogP contribution is -2.17. The first kappa shape index (κ1) is 9.63. The highest BCUT2D eigenvalue weighted by atomic mass is 19.4. The molecule has 78 valence electrons. The number of aromatic nitrogens is 4. The van der Waals surface area contributed by atoms with Gasteiger partial charge in [0.1, 0.15) is 5.69 Å². The van der Waals surface area contributed by atoms with Gasteiger partial charge >= 0.3 is 6.30 Å². The van der Waals surface area contributed by atoms with Gasteiger partial charge in [-0.2, -0.15) is 4.68 Å². The first-order chi connectivity index (χ1) is 7.07. The molecule has 0 amide bonds. The number of pyridine rings is 1. The zero-order chi connectivity index (χ0) is 10.9. The van der Waals surface area contributed by atoms with Crippen molar-refractivity contribution in [2.24, 2.45) is 0 Å². The van der Waals surface area contributed by atoms with Gasteiger partial charge in [-0.15, -0.1) is 18.3 Å². The van der Waals surface area contributed by atoms with E-state index in [1.54, 1.807) is 18.2 Å². The number of halogens is 3. The smallest absolute Gasteiger partial charge is 0.254 e. The van der Waals surface area contributed by atoms with Crippen molar-refractivity contribution in [3.63, 3.8) is 0 Å². The lowest BCUT2D eigenvalue weighted by Gasteiger charge is -2.02. The SMILES string of the molecule is FC(F)(F)n1cc(-c2ccccn2)nn1. The molecule has 15 heavy (non-hydrogen) atoms. The summed E-state index contributed by atoms with van der Waals surface area (Å²) < 4.78 is 36.3. The second-order valence-corrected chi connectivity index (χ2v) is 2.73. The summed E-state index contributed by atoms with van der Waals surface area (Å²) in [5, 5.41) is 6.35. The number of nitrogens with zero attached hydrogens (tertiary/aromatic N) is 4. The third kappa shape index (κ3) is 1.95. The van der Waals surface area contributed by atoms with E-state index in [1.807, 2.05) is 0 Å². The monoisotopic (exact) mass is 214 g/mol. The van der Waals surface area contributed by atoms with Crippen LogP contribution in [0.4, 0.5) is 13.2 Å². The number of alkyl halides is 3. The molecule has 0 fully saturated rings. The summed E-state index contributed by atoms with van der Waals surface area (Å²) in [6.45, 7) is 0.